The molecule has 118 valence electrons. The molecule has 1 fully saturated rings. The van der Waals surface area contributed by atoms with E-state index in [0.717, 1.165) is 31.0 Å². The highest BCUT2D eigenvalue weighted by Gasteiger charge is 2.34. The molecular weight excluding hydrogens is 295 g/mol. The van der Waals surface area contributed by atoms with Crippen LogP contribution in [-0.4, -0.2) is 32.8 Å². The third kappa shape index (κ3) is 3.05. The quantitative estimate of drug-likeness (QED) is 0.855. The Morgan fingerprint density at radius 3 is 2.59 bits per heavy atom. The first-order chi connectivity index (χ1) is 10.4. The van der Waals surface area contributed by atoms with Crippen molar-refractivity contribution in [3.05, 3.63) is 35.9 Å². The van der Waals surface area contributed by atoms with E-state index in [2.05, 4.69) is 15.1 Å². The minimum absolute atomic E-state index is 0.102. The SMILES string of the molecule is Cc1cnc(N2CCCC(n3ccc(C(F)(F)F)n3)C2)nc1. The monoisotopic (exact) mass is 311 g/mol. The van der Waals surface area contributed by atoms with E-state index in [0.29, 0.717) is 12.5 Å². The van der Waals surface area contributed by atoms with Gasteiger partial charge in [0.25, 0.3) is 0 Å². The predicted molar refractivity (Wildman–Crippen MR) is 74.5 cm³/mol. The van der Waals surface area contributed by atoms with Crippen molar-refractivity contribution in [2.75, 3.05) is 18.0 Å². The first-order valence-electron chi connectivity index (χ1n) is 7.09. The molecule has 1 atom stereocenters. The zero-order valence-corrected chi connectivity index (χ0v) is 12.1. The smallest absolute Gasteiger partial charge is 0.339 e. The Bertz CT molecular complexity index is 635. The van der Waals surface area contributed by atoms with E-state index in [1.807, 2.05) is 11.8 Å². The Morgan fingerprint density at radius 2 is 1.95 bits per heavy atom. The van der Waals surface area contributed by atoms with Crippen LogP contribution in [0.3, 0.4) is 0 Å². The van der Waals surface area contributed by atoms with Crippen molar-refractivity contribution in [3.8, 4) is 0 Å². The molecule has 1 aliphatic rings. The molecule has 1 aliphatic heterocycles. The summed E-state index contributed by atoms with van der Waals surface area (Å²) in [5.74, 6) is 0.610. The molecule has 0 N–H and O–H groups in total. The summed E-state index contributed by atoms with van der Waals surface area (Å²) in [6.45, 7) is 3.26. The average molecular weight is 311 g/mol. The second kappa shape index (κ2) is 5.58. The van der Waals surface area contributed by atoms with Crippen LogP contribution in [0.2, 0.25) is 0 Å². The third-order valence-corrected chi connectivity index (χ3v) is 3.72. The summed E-state index contributed by atoms with van der Waals surface area (Å²) >= 11 is 0. The second-order valence-corrected chi connectivity index (χ2v) is 5.48. The van der Waals surface area contributed by atoms with Gasteiger partial charge in [0.15, 0.2) is 5.69 Å². The number of alkyl halides is 3. The van der Waals surface area contributed by atoms with Gasteiger partial charge in [-0.2, -0.15) is 18.3 Å². The molecule has 8 heteroatoms. The predicted octanol–water partition coefficient (Wildman–Crippen LogP) is 2.84. The first-order valence-corrected chi connectivity index (χ1v) is 7.09. The van der Waals surface area contributed by atoms with E-state index in [1.54, 1.807) is 12.4 Å². The molecule has 2 aromatic heterocycles. The highest BCUT2D eigenvalue weighted by Crippen LogP contribution is 2.29. The number of hydrogen-bond acceptors (Lipinski definition) is 4. The van der Waals surface area contributed by atoms with Crippen LogP contribution in [0.25, 0.3) is 0 Å². The molecule has 0 aliphatic carbocycles. The molecule has 0 spiro atoms. The van der Waals surface area contributed by atoms with Gasteiger partial charge in [0.05, 0.1) is 6.04 Å². The number of hydrogen-bond donors (Lipinski definition) is 0. The van der Waals surface area contributed by atoms with Crippen LogP contribution in [0.1, 0.15) is 30.1 Å². The van der Waals surface area contributed by atoms with Gasteiger partial charge in [0.1, 0.15) is 0 Å². The number of piperidine rings is 1. The normalized spacial score (nSPS) is 19.5. The number of anilines is 1. The molecule has 0 amide bonds. The standard InChI is InChI=1S/C14H16F3N5/c1-10-7-18-13(19-8-10)21-5-2-3-11(9-21)22-6-4-12(20-22)14(15,16)17/h4,6-8,11H,2-3,5,9H2,1H3. The maximum absolute atomic E-state index is 12.6. The minimum atomic E-state index is -4.40. The lowest BCUT2D eigenvalue weighted by atomic mass is 10.1. The van der Waals surface area contributed by atoms with Gasteiger partial charge >= 0.3 is 6.18 Å². The van der Waals surface area contributed by atoms with Crippen LogP contribution in [0.15, 0.2) is 24.7 Å². The summed E-state index contributed by atoms with van der Waals surface area (Å²) in [4.78, 5) is 10.5. The molecule has 2 aromatic rings. The van der Waals surface area contributed by atoms with Crippen LogP contribution in [0, 0.1) is 6.92 Å². The molecule has 1 unspecified atom stereocenters. The van der Waals surface area contributed by atoms with Crippen molar-refractivity contribution in [1.82, 2.24) is 19.7 Å². The van der Waals surface area contributed by atoms with Gasteiger partial charge in [-0.1, -0.05) is 0 Å². The Morgan fingerprint density at radius 1 is 1.23 bits per heavy atom. The van der Waals surface area contributed by atoms with Crippen LogP contribution >= 0.6 is 0 Å². The molecule has 1 saturated heterocycles. The highest BCUT2D eigenvalue weighted by molar-refractivity contribution is 5.30. The van der Waals surface area contributed by atoms with Crippen molar-refractivity contribution in [2.24, 2.45) is 0 Å². The van der Waals surface area contributed by atoms with Crippen LogP contribution in [0.4, 0.5) is 19.1 Å². The summed E-state index contributed by atoms with van der Waals surface area (Å²) in [6, 6.07) is 0.913. The van der Waals surface area contributed by atoms with E-state index in [9.17, 15) is 13.2 Å². The van der Waals surface area contributed by atoms with Crippen LogP contribution < -0.4 is 4.90 Å². The number of halogens is 3. The van der Waals surface area contributed by atoms with E-state index < -0.39 is 11.9 Å². The lowest BCUT2D eigenvalue weighted by Crippen LogP contribution is -2.37. The summed E-state index contributed by atoms with van der Waals surface area (Å²) in [5, 5.41) is 3.67. The molecule has 0 radical (unpaired) electrons. The Balaban J connectivity index is 1.75. The Labute approximate surface area is 125 Å². The fraction of sp³-hybridized carbons (Fsp3) is 0.500. The summed E-state index contributed by atoms with van der Waals surface area (Å²) in [7, 11) is 0. The summed E-state index contributed by atoms with van der Waals surface area (Å²) in [6.07, 6.45) is 2.13. The first kappa shape index (κ1) is 14.8. The van der Waals surface area contributed by atoms with Gasteiger partial charge in [0.2, 0.25) is 5.95 Å². The zero-order chi connectivity index (χ0) is 15.7. The molecule has 0 bridgehead atoms. The highest BCUT2D eigenvalue weighted by atomic mass is 19.4. The number of nitrogens with zero attached hydrogens (tertiary/aromatic N) is 5. The zero-order valence-electron chi connectivity index (χ0n) is 12.1. The maximum Gasteiger partial charge on any atom is 0.435 e. The number of aryl methyl sites for hydroxylation is 1. The summed E-state index contributed by atoms with van der Waals surface area (Å²) < 4.78 is 39.3. The van der Waals surface area contributed by atoms with E-state index in [-0.39, 0.29) is 6.04 Å². The van der Waals surface area contributed by atoms with Crippen LogP contribution in [-0.2, 0) is 6.18 Å². The van der Waals surface area contributed by atoms with E-state index in [1.165, 1.54) is 10.9 Å². The summed E-state index contributed by atoms with van der Waals surface area (Å²) in [5.41, 5.74) is 0.121. The Hall–Kier alpha value is -2.12. The van der Waals surface area contributed by atoms with Gasteiger partial charge in [-0.25, -0.2) is 9.97 Å². The van der Waals surface area contributed by atoms with Gasteiger partial charge in [-0.05, 0) is 31.4 Å². The van der Waals surface area contributed by atoms with Crippen LogP contribution in [0.5, 0.6) is 0 Å². The average Bonchev–Trinajstić information content (AvgIpc) is 2.98. The van der Waals surface area contributed by atoms with E-state index in [4.69, 9.17) is 0 Å². The molecule has 0 saturated carbocycles. The van der Waals surface area contributed by atoms with Crippen molar-refractivity contribution < 1.29 is 13.2 Å². The lowest BCUT2D eigenvalue weighted by molar-refractivity contribution is -0.141. The van der Waals surface area contributed by atoms with Gasteiger partial charge in [-0.3, -0.25) is 4.68 Å². The van der Waals surface area contributed by atoms with Crippen molar-refractivity contribution in [2.45, 2.75) is 32.0 Å². The number of rotatable bonds is 2. The van der Waals surface area contributed by atoms with E-state index >= 15 is 0 Å². The second-order valence-electron chi connectivity index (χ2n) is 5.48. The van der Waals surface area contributed by atoms with Gasteiger partial charge in [0, 0.05) is 31.7 Å². The van der Waals surface area contributed by atoms with Gasteiger partial charge in [-0.15, -0.1) is 0 Å². The fourth-order valence-electron chi connectivity index (χ4n) is 2.59. The molecular formula is C14H16F3N5. The molecule has 22 heavy (non-hydrogen) atoms. The molecule has 5 nitrogen and oxygen atoms in total. The fourth-order valence-corrected chi connectivity index (χ4v) is 2.59. The van der Waals surface area contributed by atoms with Crippen molar-refractivity contribution in [3.63, 3.8) is 0 Å². The van der Waals surface area contributed by atoms with Gasteiger partial charge < -0.3 is 4.90 Å². The topological polar surface area (TPSA) is 46.8 Å². The molecule has 0 aromatic carbocycles. The van der Waals surface area contributed by atoms with Crippen molar-refractivity contribution >= 4 is 5.95 Å². The minimum Gasteiger partial charge on any atom is -0.339 e. The Kier molecular flexibility index (Phi) is 3.76. The lowest BCUT2D eigenvalue weighted by Gasteiger charge is -2.32. The molecule has 3 heterocycles. The maximum atomic E-state index is 12.6. The third-order valence-electron chi connectivity index (χ3n) is 3.72. The number of aromatic nitrogens is 4. The largest absolute Gasteiger partial charge is 0.435 e. The molecule has 3 rings (SSSR count). The van der Waals surface area contributed by atoms with Crippen molar-refractivity contribution in [1.29, 1.82) is 0 Å².